The zero-order chi connectivity index (χ0) is 45.6. The van der Waals surface area contributed by atoms with E-state index in [1.54, 1.807) is 0 Å². The first-order valence-corrected chi connectivity index (χ1v) is 23.3. The SMILES string of the molecule is CC1(C)c2cc(N(c3ccc(-c4ccccc4)cc3)c3ccc(-c4ccccc4)cc3)ccc2-c2ccc(N(c3ccc(-c4ccccc4)cc3)c3ccc(-c4nc5ccccc5o4)cc3)cc21. The second-order valence-corrected chi connectivity index (χ2v) is 18.0. The summed E-state index contributed by atoms with van der Waals surface area (Å²) in [6, 6.07) is 89.0. The van der Waals surface area contributed by atoms with Crippen LogP contribution >= 0.6 is 0 Å². The van der Waals surface area contributed by atoms with E-state index in [0.29, 0.717) is 5.89 Å². The third-order valence-corrected chi connectivity index (χ3v) is 13.5. The summed E-state index contributed by atoms with van der Waals surface area (Å²) in [5, 5.41) is 0. The molecular weight excluding hydrogens is 827 g/mol. The van der Waals surface area contributed by atoms with Crippen LogP contribution in [0.15, 0.2) is 253 Å². The van der Waals surface area contributed by atoms with Crippen molar-refractivity contribution in [3.8, 4) is 56.0 Å². The molecule has 324 valence electrons. The van der Waals surface area contributed by atoms with Crippen molar-refractivity contribution in [2.45, 2.75) is 19.3 Å². The van der Waals surface area contributed by atoms with Crippen LogP contribution in [-0.4, -0.2) is 4.98 Å². The van der Waals surface area contributed by atoms with E-state index in [4.69, 9.17) is 9.40 Å². The van der Waals surface area contributed by atoms with Crippen LogP contribution < -0.4 is 9.80 Å². The molecule has 0 saturated carbocycles. The van der Waals surface area contributed by atoms with Crippen molar-refractivity contribution in [1.82, 2.24) is 4.98 Å². The van der Waals surface area contributed by atoms with E-state index in [-0.39, 0.29) is 5.41 Å². The fourth-order valence-electron chi connectivity index (χ4n) is 9.94. The second-order valence-electron chi connectivity index (χ2n) is 18.0. The number of nitrogens with zero attached hydrogens (tertiary/aromatic N) is 3. The lowest BCUT2D eigenvalue weighted by atomic mass is 9.82. The first-order chi connectivity index (χ1) is 33.4. The molecule has 4 nitrogen and oxygen atoms in total. The van der Waals surface area contributed by atoms with Gasteiger partial charge in [0, 0.05) is 45.1 Å². The number of hydrogen-bond donors (Lipinski definition) is 0. The lowest BCUT2D eigenvalue weighted by Crippen LogP contribution is -2.17. The zero-order valence-electron chi connectivity index (χ0n) is 37.9. The van der Waals surface area contributed by atoms with E-state index in [0.717, 1.165) is 50.8 Å². The average molecular weight is 874 g/mol. The summed E-state index contributed by atoms with van der Waals surface area (Å²) in [4.78, 5) is 9.53. The molecule has 0 fully saturated rings. The molecule has 0 bridgehead atoms. The number of benzene rings is 10. The van der Waals surface area contributed by atoms with Crippen molar-refractivity contribution >= 4 is 45.2 Å². The Balaban J connectivity index is 0.925. The quantitative estimate of drug-likeness (QED) is 0.137. The van der Waals surface area contributed by atoms with Crippen LogP contribution in [0.1, 0.15) is 25.0 Å². The van der Waals surface area contributed by atoms with Crippen molar-refractivity contribution in [1.29, 1.82) is 0 Å². The third-order valence-electron chi connectivity index (χ3n) is 13.5. The Morgan fingerprint density at radius 2 is 0.647 bits per heavy atom. The molecule has 0 unspecified atom stereocenters. The lowest BCUT2D eigenvalue weighted by molar-refractivity contribution is 0.620. The summed E-state index contributed by atoms with van der Waals surface area (Å²) in [5.41, 5.74) is 21.1. The van der Waals surface area contributed by atoms with Crippen LogP contribution in [0, 0.1) is 0 Å². The topological polar surface area (TPSA) is 32.5 Å². The van der Waals surface area contributed by atoms with Crippen LogP contribution in [0.2, 0.25) is 0 Å². The summed E-state index contributed by atoms with van der Waals surface area (Å²) in [6.07, 6.45) is 0. The van der Waals surface area contributed by atoms with Gasteiger partial charge in [-0.15, -0.1) is 0 Å². The first-order valence-electron chi connectivity index (χ1n) is 23.3. The minimum absolute atomic E-state index is 0.295. The van der Waals surface area contributed by atoms with E-state index < -0.39 is 0 Å². The van der Waals surface area contributed by atoms with Gasteiger partial charge in [-0.1, -0.05) is 166 Å². The van der Waals surface area contributed by atoms with Gasteiger partial charge in [0.1, 0.15) is 5.52 Å². The highest BCUT2D eigenvalue weighted by molar-refractivity contribution is 5.89. The molecule has 1 aliphatic carbocycles. The van der Waals surface area contributed by atoms with E-state index in [2.05, 4.69) is 248 Å². The van der Waals surface area contributed by atoms with Gasteiger partial charge < -0.3 is 14.2 Å². The maximum Gasteiger partial charge on any atom is 0.227 e. The summed E-state index contributed by atoms with van der Waals surface area (Å²) in [7, 11) is 0. The molecule has 1 aromatic heterocycles. The number of anilines is 6. The van der Waals surface area contributed by atoms with E-state index >= 15 is 0 Å². The fraction of sp³-hybridized carbons (Fsp3) is 0.0469. The van der Waals surface area contributed by atoms with Gasteiger partial charge in [-0.25, -0.2) is 4.98 Å². The largest absolute Gasteiger partial charge is 0.436 e. The molecule has 0 aliphatic heterocycles. The highest BCUT2D eigenvalue weighted by atomic mass is 16.3. The molecule has 0 amide bonds. The highest BCUT2D eigenvalue weighted by Gasteiger charge is 2.37. The molecular formula is C64H47N3O. The molecule has 0 saturated heterocycles. The van der Waals surface area contributed by atoms with Gasteiger partial charge in [0.05, 0.1) is 0 Å². The molecule has 0 spiro atoms. The summed E-state index contributed by atoms with van der Waals surface area (Å²) in [5.74, 6) is 0.611. The molecule has 4 heteroatoms. The van der Waals surface area contributed by atoms with Gasteiger partial charge in [0.15, 0.2) is 5.58 Å². The number of hydrogen-bond acceptors (Lipinski definition) is 4. The van der Waals surface area contributed by atoms with Crippen molar-refractivity contribution in [2.75, 3.05) is 9.80 Å². The highest BCUT2D eigenvalue weighted by Crippen LogP contribution is 2.53. The number of aromatic nitrogens is 1. The monoisotopic (exact) mass is 873 g/mol. The smallest absolute Gasteiger partial charge is 0.227 e. The molecule has 1 heterocycles. The maximum absolute atomic E-state index is 6.17. The molecule has 0 N–H and O–H groups in total. The predicted molar refractivity (Wildman–Crippen MR) is 283 cm³/mol. The predicted octanol–water partition coefficient (Wildman–Crippen LogP) is 17.7. The maximum atomic E-state index is 6.17. The van der Waals surface area contributed by atoms with E-state index in [9.17, 15) is 0 Å². The van der Waals surface area contributed by atoms with Crippen LogP contribution in [0.25, 0.3) is 67.1 Å². The molecule has 1 aliphatic rings. The van der Waals surface area contributed by atoms with Crippen molar-refractivity contribution in [3.05, 3.63) is 260 Å². The zero-order valence-corrected chi connectivity index (χ0v) is 37.9. The Hall–Kier alpha value is -8.73. The van der Waals surface area contributed by atoms with Gasteiger partial charge >= 0.3 is 0 Å². The van der Waals surface area contributed by atoms with Gasteiger partial charge in [-0.2, -0.15) is 0 Å². The summed E-state index contributed by atoms with van der Waals surface area (Å²) in [6.45, 7) is 4.74. The molecule has 0 atom stereocenters. The van der Waals surface area contributed by atoms with Gasteiger partial charge in [0.25, 0.3) is 0 Å². The standard InChI is InChI=1S/C64H47N3O/c1-64(2)59-42-55(66(51-30-22-47(23-31-51)44-14-6-3-7-15-44)52-32-24-48(25-33-52)45-16-8-4-9-17-45)38-40-57(59)58-41-39-56(43-60(58)64)67(53-34-26-49(27-35-53)46-18-10-5-11-19-46)54-36-28-50(29-37-54)63-65-61-20-12-13-21-62(61)68-63/h3-43H,1-2H3. The number of oxazole rings is 1. The van der Waals surface area contributed by atoms with E-state index in [1.807, 2.05) is 24.3 Å². The Morgan fingerprint density at radius 3 is 1.03 bits per heavy atom. The molecule has 0 radical (unpaired) electrons. The third kappa shape index (κ3) is 7.43. The van der Waals surface area contributed by atoms with Gasteiger partial charge in [0.2, 0.25) is 5.89 Å². The Labute approximate surface area is 397 Å². The van der Waals surface area contributed by atoms with Gasteiger partial charge in [-0.05, 0) is 153 Å². The van der Waals surface area contributed by atoms with Crippen molar-refractivity contribution < 1.29 is 4.42 Å². The average Bonchev–Trinajstić information content (AvgIpc) is 3.94. The van der Waals surface area contributed by atoms with E-state index in [1.165, 1.54) is 55.6 Å². The molecule has 68 heavy (non-hydrogen) atoms. The Bertz CT molecular complexity index is 3430. The Kier molecular flexibility index (Phi) is 10.1. The van der Waals surface area contributed by atoms with Crippen LogP contribution in [-0.2, 0) is 5.41 Å². The van der Waals surface area contributed by atoms with Crippen LogP contribution in [0.5, 0.6) is 0 Å². The number of fused-ring (bicyclic) bond motifs is 4. The molecule has 12 rings (SSSR count). The molecule has 11 aromatic rings. The second kappa shape index (κ2) is 16.9. The minimum Gasteiger partial charge on any atom is -0.436 e. The normalized spacial score (nSPS) is 12.4. The van der Waals surface area contributed by atoms with Crippen molar-refractivity contribution in [2.24, 2.45) is 0 Å². The number of para-hydroxylation sites is 2. The Morgan fingerprint density at radius 1 is 0.324 bits per heavy atom. The van der Waals surface area contributed by atoms with Crippen molar-refractivity contribution in [3.63, 3.8) is 0 Å². The van der Waals surface area contributed by atoms with Crippen LogP contribution in [0.3, 0.4) is 0 Å². The van der Waals surface area contributed by atoms with Gasteiger partial charge in [-0.3, -0.25) is 0 Å². The first kappa shape index (κ1) is 40.8. The summed E-state index contributed by atoms with van der Waals surface area (Å²) >= 11 is 0. The molecule has 10 aromatic carbocycles. The van der Waals surface area contributed by atoms with Crippen LogP contribution in [0.4, 0.5) is 34.1 Å². The lowest BCUT2D eigenvalue weighted by Gasteiger charge is -2.29. The fourth-order valence-corrected chi connectivity index (χ4v) is 9.94. The summed E-state index contributed by atoms with van der Waals surface area (Å²) < 4.78 is 6.17. The minimum atomic E-state index is -0.295. The number of rotatable bonds is 10.